The van der Waals surface area contributed by atoms with Crippen molar-refractivity contribution in [3.05, 3.63) is 11.4 Å². The van der Waals surface area contributed by atoms with E-state index < -0.39 is 0 Å². The van der Waals surface area contributed by atoms with E-state index in [0.29, 0.717) is 19.0 Å². The van der Waals surface area contributed by atoms with Gasteiger partial charge in [0.1, 0.15) is 17.5 Å². The molecule has 1 rings (SSSR count). The summed E-state index contributed by atoms with van der Waals surface area (Å²) in [6.45, 7) is 13.6. The lowest BCUT2D eigenvalue weighted by molar-refractivity contribution is 0.141. The minimum Gasteiger partial charge on any atom is -0.383 e. The lowest BCUT2D eigenvalue weighted by Gasteiger charge is -2.21. The summed E-state index contributed by atoms with van der Waals surface area (Å²) in [6, 6.07) is 0.181. The highest BCUT2D eigenvalue weighted by atomic mass is 16.5. The van der Waals surface area contributed by atoms with Crippen LogP contribution in [0.1, 0.15) is 46.0 Å². The molecule has 5 heteroatoms. The molecule has 19 heavy (non-hydrogen) atoms. The molecule has 0 bridgehead atoms. The quantitative estimate of drug-likeness (QED) is 0.856. The third-order valence-electron chi connectivity index (χ3n) is 2.81. The molecule has 0 spiro atoms. The van der Waals surface area contributed by atoms with Gasteiger partial charge in [0.15, 0.2) is 0 Å². The Bertz CT molecular complexity index is 426. The lowest BCUT2D eigenvalue weighted by atomic mass is 9.95. The molecule has 0 aromatic carbocycles. The van der Waals surface area contributed by atoms with Crippen LogP contribution < -0.4 is 11.1 Å². The first-order valence-electron chi connectivity index (χ1n) is 6.74. The molecule has 5 nitrogen and oxygen atoms in total. The van der Waals surface area contributed by atoms with Crippen LogP contribution >= 0.6 is 0 Å². The average Bonchev–Trinajstić information content (AvgIpc) is 2.30. The zero-order valence-corrected chi connectivity index (χ0v) is 12.9. The normalized spacial score (nSPS) is 13.4. The molecule has 0 saturated heterocycles. The Labute approximate surface area is 116 Å². The predicted molar refractivity (Wildman–Crippen MR) is 79.5 cm³/mol. The maximum atomic E-state index is 5.97. The van der Waals surface area contributed by atoms with Gasteiger partial charge in [-0.05, 0) is 20.8 Å². The van der Waals surface area contributed by atoms with Crippen molar-refractivity contribution in [3.8, 4) is 0 Å². The second kappa shape index (κ2) is 6.19. The fraction of sp³-hybridized carbons (Fsp3) is 0.714. The van der Waals surface area contributed by atoms with E-state index in [1.807, 2.05) is 13.8 Å². The molecule has 1 atom stereocenters. The van der Waals surface area contributed by atoms with Gasteiger partial charge in [-0.2, -0.15) is 0 Å². The summed E-state index contributed by atoms with van der Waals surface area (Å²) in [7, 11) is 0. The van der Waals surface area contributed by atoms with Gasteiger partial charge >= 0.3 is 0 Å². The number of nitrogens with one attached hydrogen (secondary N) is 1. The van der Waals surface area contributed by atoms with Crippen molar-refractivity contribution < 1.29 is 4.74 Å². The van der Waals surface area contributed by atoms with E-state index in [9.17, 15) is 0 Å². The molecule has 1 unspecified atom stereocenters. The van der Waals surface area contributed by atoms with Crippen LogP contribution in [-0.2, 0) is 10.2 Å². The summed E-state index contributed by atoms with van der Waals surface area (Å²) in [6.07, 6.45) is 0. The van der Waals surface area contributed by atoms with Crippen LogP contribution in [0.25, 0.3) is 0 Å². The molecule has 0 radical (unpaired) electrons. The van der Waals surface area contributed by atoms with Crippen LogP contribution in [0.15, 0.2) is 0 Å². The fourth-order valence-electron chi connectivity index (χ4n) is 1.58. The maximum absolute atomic E-state index is 5.97. The molecule has 3 N–H and O–H groups in total. The number of nitrogens with zero attached hydrogens (tertiary/aromatic N) is 2. The lowest BCUT2D eigenvalue weighted by Crippen LogP contribution is -2.25. The monoisotopic (exact) mass is 266 g/mol. The van der Waals surface area contributed by atoms with Gasteiger partial charge in [-0.1, -0.05) is 20.8 Å². The average molecular weight is 266 g/mol. The Morgan fingerprint density at radius 3 is 2.47 bits per heavy atom. The second-order valence-electron chi connectivity index (χ2n) is 5.86. The zero-order valence-electron chi connectivity index (χ0n) is 12.9. The van der Waals surface area contributed by atoms with E-state index in [4.69, 9.17) is 10.5 Å². The summed E-state index contributed by atoms with van der Waals surface area (Å²) in [5.41, 5.74) is 6.73. The largest absolute Gasteiger partial charge is 0.383 e. The smallest absolute Gasteiger partial charge is 0.138 e. The number of nitrogens with two attached hydrogens (primary N) is 1. The standard InChI is InChI=1S/C14H26N4O/c1-7-19-8-9(2)16-12-10(3)11(15)17-13(18-12)14(4,5)6/h9H,7-8H2,1-6H3,(H3,15,16,17,18). The molecule has 108 valence electrons. The third-order valence-corrected chi connectivity index (χ3v) is 2.81. The van der Waals surface area contributed by atoms with Gasteiger partial charge in [0.2, 0.25) is 0 Å². The first kappa shape index (κ1) is 15.7. The highest BCUT2D eigenvalue weighted by molar-refractivity contribution is 5.55. The number of anilines is 2. The number of hydrogen-bond acceptors (Lipinski definition) is 5. The van der Waals surface area contributed by atoms with Crippen molar-refractivity contribution in [2.75, 3.05) is 24.3 Å². The van der Waals surface area contributed by atoms with Gasteiger partial charge in [-0.25, -0.2) is 9.97 Å². The molecule has 1 heterocycles. The van der Waals surface area contributed by atoms with E-state index in [1.165, 1.54) is 0 Å². The molecular formula is C14H26N4O. The summed E-state index contributed by atoms with van der Waals surface area (Å²) in [5, 5.41) is 3.34. The molecule has 0 aliphatic rings. The van der Waals surface area contributed by atoms with Crippen molar-refractivity contribution in [1.29, 1.82) is 0 Å². The van der Waals surface area contributed by atoms with E-state index >= 15 is 0 Å². The van der Waals surface area contributed by atoms with Crippen molar-refractivity contribution in [2.45, 2.75) is 53.0 Å². The summed E-state index contributed by atoms with van der Waals surface area (Å²) in [4.78, 5) is 8.96. The number of aromatic nitrogens is 2. The Morgan fingerprint density at radius 1 is 1.32 bits per heavy atom. The highest BCUT2D eigenvalue weighted by Gasteiger charge is 2.20. The molecule has 1 aromatic rings. The number of nitrogen functional groups attached to an aromatic ring is 1. The Morgan fingerprint density at radius 2 is 1.95 bits per heavy atom. The van der Waals surface area contributed by atoms with E-state index in [1.54, 1.807) is 0 Å². The number of rotatable bonds is 5. The van der Waals surface area contributed by atoms with Crippen molar-refractivity contribution in [2.24, 2.45) is 0 Å². The maximum Gasteiger partial charge on any atom is 0.138 e. The van der Waals surface area contributed by atoms with Crippen molar-refractivity contribution >= 4 is 11.6 Å². The number of hydrogen-bond donors (Lipinski definition) is 2. The van der Waals surface area contributed by atoms with Gasteiger partial charge in [-0.15, -0.1) is 0 Å². The fourth-order valence-corrected chi connectivity index (χ4v) is 1.58. The minimum absolute atomic E-state index is 0.124. The molecule has 0 fully saturated rings. The van der Waals surface area contributed by atoms with E-state index in [2.05, 4.69) is 43.0 Å². The summed E-state index contributed by atoms with van der Waals surface area (Å²) >= 11 is 0. The minimum atomic E-state index is -0.124. The highest BCUT2D eigenvalue weighted by Crippen LogP contribution is 2.25. The van der Waals surface area contributed by atoms with Crippen LogP contribution in [0.2, 0.25) is 0 Å². The van der Waals surface area contributed by atoms with Gasteiger partial charge in [0, 0.05) is 23.6 Å². The van der Waals surface area contributed by atoms with Crippen LogP contribution in [0.4, 0.5) is 11.6 Å². The number of ether oxygens (including phenoxy) is 1. The first-order valence-corrected chi connectivity index (χ1v) is 6.74. The summed E-state index contributed by atoms with van der Waals surface area (Å²) < 4.78 is 5.40. The SMILES string of the molecule is CCOCC(C)Nc1nc(C(C)(C)C)nc(N)c1C. The van der Waals surface area contributed by atoms with Gasteiger partial charge < -0.3 is 15.8 Å². The van der Waals surface area contributed by atoms with Crippen molar-refractivity contribution in [3.63, 3.8) is 0 Å². The van der Waals surface area contributed by atoms with Crippen LogP contribution in [-0.4, -0.2) is 29.2 Å². The van der Waals surface area contributed by atoms with Gasteiger partial charge in [-0.3, -0.25) is 0 Å². The molecule has 0 aliphatic carbocycles. The van der Waals surface area contributed by atoms with Crippen LogP contribution in [0.3, 0.4) is 0 Å². The van der Waals surface area contributed by atoms with Crippen LogP contribution in [0.5, 0.6) is 0 Å². The Hall–Kier alpha value is -1.36. The summed E-state index contributed by atoms with van der Waals surface area (Å²) in [5.74, 6) is 2.08. The Balaban J connectivity index is 2.96. The molecule has 0 aliphatic heterocycles. The van der Waals surface area contributed by atoms with Gasteiger partial charge in [0.25, 0.3) is 0 Å². The molecule has 1 aromatic heterocycles. The van der Waals surface area contributed by atoms with Gasteiger partial charge in [0.05, 0.1) is 6.61 Å². The predicted octanol–water partition coefficient (Wildman–Crippen LogP) is 2.50. The van der Waals surface area contributed by atoms with Crippen LogP contribution in [0, 0.1) is 6.92 Å². The second-order valence-corrected chi connectivity index (χ2v) is 5.86. The molecular weight excluding hydrogens is 240 g/mol. The molecule has 0 amide bonds. The Kier molecular flexibility index (Phi) is 5.11. The van der Waals surface area contributed by atoms with E-state index in [-0.39, 0.29) is 11.5 Å². The first-order chi connectivity index (χ1) is 8.75. The van der Waals surface area contributed by atoms with E-state index in [0.717, 1.165) is 17.2 Å². The molecule has 0 saturated carbocycles. The topological polar surface area (TPSA) is 73.1 Å². The third kappa shape index (κ3) is 4.35. The zero-order chi connectivity index (χ0) is 14.6. The van der Waals surface area contributed by atoms with Crippen molar-refractivity contribution in [1.82, 2.24) is 9.97 Å².